The van der Waals surface area contributed by atoms with Gasteiger partial charge in [-0.1, -0.05) is 18.2 Å². The molecular formula is C19H11F3O3. The van der Waals surface area contributed by atoms with Crippen LogP contribution in [-0.2, 0) is 6.18 Å². The molecule has 3 aromatic carbocycles. The lowest BCUT2D eigenvalue weighted by Crippen LogP contribution is -2.09. The molecule has 0 radical (unpaired) electrons. The Morgan fingerprint density at radius 1 is 0.960 bits per heavy atom. The first-order chi connectivity index (χ1) is 11.9. The molecule has 0 spiro atoms. The van der Waals surface area contributed by atoms with Crippen LogP contribution in [0.15, 0.2) is 57.7 Å². The highest BCUT2D eigenvalue weighted by Gasteiger charge is 2.33. The molecule has 0 fully saturated rings. The molecule has 6 heteroatoms. The third kappa shape index (κ3) is 2.33. The third-order valence-corrected chi connectivity index (χ3v) is 4.19. The smallest absolute Gasteiger partial charge is 0.417 e. The van der Waals surface area contributed by atoms with Gasteiger partial charge in [-0.25, -0.2) is 0 Å². The molecule has 0 saturated carbocycles. The van der Waals surface area contributed by atoms with E-state index in [0.29, 0.717) is 16.7 Å². The average Bonchev–Trinajstić information content (AvgIpc) is 2.60. The molecule has 4 rings (SSSR count). The monoisotopic (exact) mass is 344 g/mol. The van der Waals surface area contributed by atoms with Gasteiger partial charge in [-0.15, -0.1) is 0 Å². The standard InChI is InChI=1S/C19H11F3O3/c1-24-11-6-8-14-12(9-11)18(23)17-15(25-14)7-5-10-3-2-4-13(16(10)17)19(20,21)22/h2-9H,1H3. The fourth-order valence-electron chi connectivity index (χ4n) is 3.06. The number of halogens is 3. The number of alkyl halides is 3. The largest absolute Gasteiger partial charge is 0.497 e. The van der Waals surface area contributed by atoms with Crippen LogP contribution in [0.5, 0.6) is 5.75 Å². The Hall–Kier alpha value is -3.02. The number of methoxy groups -OCH3 is 1. The number of hydrogen-bond donors (Lipinski definition) is 0. The molecule has 0 atom stereocenters. The molecule has 0 bridgehead atoms. The number of rotatable bonds is 1. The average molecular weight is 344 g/mol. The van der Waals surface area contributed by atoms with Crippen LogP contribution >= 0.6 is 0 Å². The molecule has 25 heavy (non-hydrogen) atoms. The molecule has 0 aliphatic heterocycles. The zero-order chi connectivity index (χ0) is 17.8. The van der Waals surface area contributed by atoms with Crippen molar-refractivity contribution in [2.75, 3.05) is 7.11 Å². The molecule has 1 aromatic heterocycles. The lowest BCUT2D eigenvalue weighted by molar-refractivity contribution is -0.136. The van der Waals surface area contributed by atoms with Crippen molar-refractivity contribution in [2.24, 2.45) is 0 Å². The molecule has 3 nitrogen and oxygen atoms in total. The number of fused-ring (bicyclic) bond motifs is 4. The minimum atomic E-state index is -4.58. The first-order valence-corrected chi connectivity index (χ1v) is 7.43. The third-order valence-electron chi connectivity index (χ3n) is 4.19. The van der Waals surface area contributed by atoms with E-state index < -0.39 is 17.2 Å². The van der Waals surface area contributed by atoms with Crippen LogP contribution in [-0.4, -0.2) is 7.11 Å². The maximum absolute atomic E-state index is 13.5. The Morgan fingerprint density at radius 2 is 1.72 bits per heavy atom. The van der Waals surface area contributed by atoms with E-state index >= 15 is 0 Å². The second kappa shape index (κ2) is 5.24. The van der Waals surface area contributed by atoms with E-state index in [1.165, 1.54) is 31.4 Å². The molecule has 0 N–H and O–H groups in total. The molecule has 1 heterocycles. The topological polar surface area (TPSA) is 39.4 Å². The predicted octanol–water partition coefficient (Wildman–Crippen LogP) is 5.13. The molecular weight excluding hydrogens is 333 g/mol. The van der Waals surface area contributed by atoms with Crippen molar-refractivity contribution in [3.05, 3.63) is 64.3 Å². The summed E-state index contributed by atoms with van der Waals surface area (Å²) >= 11 is 0. The van der Waals surface area contributed by atoms with Gasteiger partial charge in [0.05, 0.1) is 23.4 Å². The maximum Gasteiger partial charge on any atom is 0.417 e. The highest BCUT2D eigenvalue weighted by molar-refractivity contribution is 6.10. The quantitative estimate of drug-likeness (QED) is 0.355. The van der Waals surface area contributed by atoms with Crippen molar-refractivity contribution < 1.29 is 22.3 Å². The van der Waals surface area contributed by atoms with Crippen LogP contribution in [0.1, 0.15) is 5.56 Å². The van der Waals surface area contributed by atoms with Crippen LogP contribution in [0.4, 0.5) is 13.2 Å². The van der Waals surface area contributed by atoms with Crippen LogP contribution in [0.3, 0.4) is 0 Å². The normalized spacial score (nSPS) is 12.2. The predicted molar refractivity (Wildman–Crippen MR) is 89.1 cm³/mol. The van der Waals surface area contributed by atoms with Crippen LogP contribution in [0.2, 0.25) is 0 Å². The van der Waals surface area contributed by atoms with E-state index in [2.05, 4.69) is 0 Å². The fourth-order valence-corrected chi connectivity index (χ4v) is 3.06. The Labute approximate surface area is 139 Å². The van der Waals surface area contributed by atoms with Gasteiger partial charge in [0.25, 0.3) is 0 Å². The number of benzene rings is 3. The Morgan fingerprint density at radius 3 is 2.44 bits per heavy atom. The summed E-state index contributed by atoms with van der Waals surface area (Å²) in [6, 6.07) is 11.5. The summed E-state index contributed by atoms with van der Waals surface area (Å²) in [6.07, 6.45) is -4.58. The summed E-state index contributed by atoms with van der Waals surface area (Å²) in [5, 5.41) is 0.283. The molecule has 0 amide bonds. The van der Waals surface area contributed by atoms with Gasteiger partial charge in [-0.05, 0) is 35.7 Å². The van der Waals surface area contributed by atoms with Crippen LogP contribution in [0, 0.1) is 0 Å². The SMILES string of the molecule is COc1ccc2oc3ccc4cccc(C(F)(F)F)c4c3c(=O)c2c1. The van der Waals surface area contributed by atoms with Gasteiger partial charge in [0.2, 0.25) is 5.43 Å². The van der Waals surface area contributed by atoms with E-state index in [4.69, 9.17) is 9.15 Å². The van der Waals surface area contributed by atoms with E-state index in [1.807, 2.05) is 0 Å². The Bertz CT molecular complexity index is 1190. The number of ether oxygens (including phenoxy) is 1. The van der Waals surface area contributed by atoms with Gasteiger partial charge in [0.1, 0.15) is 16.9 Å². The zero-order valence-corrected chi connectivity index (χ0v) is 13.0. The highest BCUT2D eigenvalue weighted by atomic mass is 19.4. The van der Waals surface area contributed by atoms with E-state index in [0.717, 1.165) is 6.07 Å². The van der Waals surface area contributed by atoms with Crippen LogP contribution in [0.25, 0.3) is 32.7 Å². The summed E-state index contributed by atoms with van der Waals surface area (Å²) < 4.78 is 51.1. The lowest BCUT2D eigenvalue weighted by atomic mass is 9.99. The van der Waals surface area contributed by atoms with Gasteiger partial charge < -0.3 is 9.15 Å². The molecule has 126 valence electrons. The first kappa shape index (κ1) is 15.5. The molecule has 4 aromatic rings. The summed E-state index contributed by atoms with van der Waals surface area (Å²) in [7, 11) is 1.45. The summed E-state index contributed by atoms with van der Waals surface area (Å²) in [5.74, 6) is 0.426. The summed E-state index contributed by atoms with van der Waals surface area (Å²) in [4.78, 5) is 13.0. The Balaban J connectivity index is 2.27. The van der Waals surface area contributed by atoms with Crippen molar-refractivity contribution in [3.63, 3.8) is 0 Å². The molecule has 0 saturated heterocycles. The van der Waals surface area contributed by atoms with Gasteiger partial charge in [0.15, 0.2) is 0 Å². The van der Waals surface area contributed by atoms with Gasteiger partial charge in [-0.2, -0.15) is 13.2 Å². The Kier molecular flexibility index (Phi) is 3.25. The first-order valence-electron chi connectivity index (χ1n) is 7.43. The van der Waals surface area contributed by atoms with E-state index in [9.17, 15) is 18.0 Å². The fraction of sp³-hybridized carbons (Fsp3) is 0.105. The summed E-state index contributed by atoms with van der Waals surface area (Å²) in [6.45, 7) is 0. The second-order valence-electron chi connectivity index (χ2n) is 5.63. The number of hydrogen-bond acceptors (Lipinski definition) is 3. The lowest BCUT2D eigenvalue weighted by Gasteiger charge is -2.12. The van der Waals surface area contributed by atoms with Gasteiger partial charge >= 0.3 is 6.18 Å². The molecule has 0 aliphatic rings. The van der Waals surface area contributed by atoms with Crippen molar-refractivity contribution in [1.29, 1.82) is 0 Å². The highest BCUT2D eigenvalue weighted by Crippen LogP contribution is 2.38. The van der Waals surface area contributed by atoms with Crippen molar-refractivity contribution in [2.45, 2.75) is 6.18 Å². The van der Waals surface area contributed by atoms with Crippen molar-refractivity contribution in [3.8, 4) is 5.75 Å². The second-order valence-corrected chi connectivity index (χ2v) is 5.63. The van der Waals surface area contributed by atoms with E-state index in [1.54, 1.807) is 18.2 Å². The van der Waals surface area contributed by atoms with Gasteiger partial charge in [0, 0.05) is 5.39 Å². The van der Waals surface area contributed by atoms with E-state index in [-0.39, 0.29) is 21.7 Å². The maximum atomic E-state index is 13.5. The molecule has 0 unspecified atom stereocenters. The zero-order valence-electron chi connectivity index (χ0n) is 13.0. The van der Waals surface area contributed by atoms with Crippen molar-refractivity contribution >= 4 is 32.7 Å². The molecule has 0 aliphatic carbocycles. The summed E-state index contributed by atoms with van der Waals surface area (Å²) in [5.41, 5.74) is -0.961. The van der Waals surface area contributed by atoms with Crippen LogP contribution < -0.4 is 10.2 Å². The minimum absolute atomic E-state index is 0.0776. The minimum Gasteiger partial charge on any atom is -0.497 e. The van der Waals surface area contributed by atoms with Gasteiger partial charge in [-0.3, -0.25) is 4.79 Å². The van der Waals surface area contributed by atoms with Crippen molar-refractivity contribution in [1.82, 2.24) is 0 Å².